The lowest BCUT2D eigenvalue weighted by Crippen LogP contribution is -2.16. The maximum Gasteiger partial charge on any atom is 0.134 e. The number of methoxy groups -OCH3 is 1. The number of ether oxygens (including phenoxy) is 1. The highest BCUT2D eigenvalue weighted by atomic mass is 16.5. The quantitative estimate of drug-likeness (QED) is 0.913. The van der Waals surface area contributed by atoms with Crippen LogP contribution in [0.2, 0.25) is 0 Å². The van der Waals surface area contributed by atoms with Crippen LogP contribution in [0.4, 0.5) is 0 Å². The average molecular weight is 262 g/mol. The Balaban J connectivity index is 2.30. The van der Waals surface area contributed by atoms with Gasteiger partial charge in [-0.15, -0.1) is 0 Å². The third kappa shape index (κ3) is 3.17. The Kier molecular flexibility index (Phi) is 3.97. The fraction of sp³-hybridized carbons (Fsp3) is 0.500. The van der Waals surface area contributed by atoms with Gasteiger partial charge in [-0.05, 0) is 35.6 Å². The summed E-state index contributed by atoms with van der Waals surface area (Å²) >= 11 is 0. The molecule has 0 saturated carbocycles. The summed E-state index contributed by atoms with van der Waals surface area (Å²) in [4.78, 5) is 0. The van der Waals surface area contributed by atoms with Gasteiger partial charge in [0, 0.05) is 12.5 Å². The molecule has 1 N–H and O–H groups in total. The minimum Gasteiger partial charge on any atom is -0.458 e. The molecule has 1 aromatic heterocycles. The van der Waals surface area contributed by atoms with Gasteiger partial charge in [0.1, 0.15) is 17.4 Å². The summed E-state index contributed by atoms with van der Waals surface area (Å²) in [7, 11) is 1.70. The van der Waals surface area contributed by atoms with E-state index in [1.807, 2.05) is 39.0 Å². The van der Waals surface area contributed by atoms with E-state index in [0.717, 1.165) is 17.4 Å². The van der Waals surface area contributed by atoms with Crippen LogP contribution in [0.25, 0.3) is 11.0 Å². The number of fused-ring (bicyclic) bond motifs is 1. The van der Waals surface area contributed by atoms with Crippen molar-refractivity contribution < 1.29 is 14.3 Å². The fourth-order valence-corrected chi connectivity index (χ4v) is 2.05. The second kappa shape index (κ2) is 5.35. The Bertz CT molecular complexity index is 549. The highest BCUT2D eigenvalue weighted by Gasteiger charge is 2.26. The van der Waals surface area contributed by atoms with Crippen molar-refractivity contribution in [2.24, 2.45) is 5.41 Å². The van der Waals surface area contributed by atoms with Gasteiger partial charge in [-0.1, -0.05) is 26.8 Å². The molecule has 0 fully saturated rings. The van der Waals surface area contributed by atoms with Gasteiger partial charge >= 0.3 is 0 Å². The molecular weight excluding hydrogens is 240 g/mol. The standard InChI is InChI=1S/C16H22O3/c1-16(2,3)15(17)14-10-12-9-11(7-8-18-4)5-6-13(12)19-14/h5-6,9-10,15,17H,7-8H2,1-4H3. The first-order valence-corrected chi connectivity index (χ1v) is 6.61. The summed E-state index contributed by atoms with van der Waals surface area (Å²) in [5.41, 5.74) is 1.80. The Morgan fingerprint density at radius 3 is 2.63 bits per heavy atom. The van der Waals surface area contributed by atoms with E-state index < -0.39 is 6.10 Å². The molecule has 0 aliphatic heterocycles. The van der Waals surface area contributed by atoms with E-state index in [1.165, 1.54) is 5.56 Å². The number of hydrogen-bond donors (Lipinski definition) is 1. The molecular formula is C16H22O3. The minimum absolute atomic E-state index is 0.229. The lowest BCUT2D eigenvalue weighted by molar-refractivity contribution is 0.0448. The van der Waals surface area contributed by atoms with E-state index >= 15 is 0 Å². The normalized spacial score (nSPS) is 13.9. The lowest BCUT2D eigenvalue weighted by Gasteiger charge is -2.23. The van der Waals surface area contributed by atoms with Gasteiger partial charge < -0.3 is 14.3 Å². The van der Waals surface area contributed by atoms with E-state index in [-0.39, 0.29) is 5.41 Å². The molecule has 0 aliphatic carbocycles. The SMILES string of the molecule is COCCc1ccc2oc(C(O)C(C)(C)C)cc2c1. The molecule has 1 aromatic carbocycles. The molecule has 0 radical (unpaired) electrons. The van der Waals surface area contributed by atoms with Crippen LogP contribution in [0.5, 0.6) is 0 Å². The summed E-state index contributed by atoms with van der Waals surface area (Å²) in [5.74, 6) is 0.631. The van der Waals surface area contributed by atoms with Crippen LogP contribution in [-0.2, 0) is 11.2 Å². The molecule has 2 rings (SSSR count). The van der Waals surface area contributed by atoms with E-state index in [2.05, 4.69) is 6.07 Å². The minimum atomic E-state index is -0.595. The maximum absolute atomic E-state index is 10.3. The topological polar surface area (TPSA) is 42.6 Å². The van der Waals surface area contributed by atoms with Gasteiger partial charge in [-0.3, -0.25) is 0 Å². The van der Waals surface area contributed by atoms with Gasteiger partial charge in [-0.2, -0.15) is 0 Å². The van der Waals surface area contributed by atoms with E-state index in [0.29, 0.717) is 12.4 Å². The first kappa shape index (κ1) is 14.1. The van der Waals surface area contributed by atoms with Crippen molar-refractivity contribution in [3.8, 4) is 0 Å². The second-order valence-corrected chi connectivity index (χ2v) is 6.03. The monoisotopic (exact) mass is 262 g/mol. The Hall–Kier alpha value is -1.32. The van der Waals surface area contributed by atoms with Gasteiger partial charge in [0.25, 0.3) is 0 Å². The summed E-state index contributed by atoms with van der Waals surface area (Å²) in [6.45, 7) is 6.69. The Morgan fingerprint density at radius 2 is 2.00 bits per heavy atom. The van der Waals surface area contributed by atoms with Crippen molar-refractivity contribution in [3.63, 3.8) is 0 Å². The number of benzene rings is 1. The van der Waals surface area contributed by atoms with Crippen molar-refractivity contribution >= 4 is 11.0 Å². The number of furan rings is 1. The molecule has 1 heterocycles. The molecule has 104 valence electrons. The number of aliphatic hydroxyl groups is 1. The number of aliphatic hydroxyl groups excluding tert-OH is 1. The summed E-state index contributed by atoms with van der Waals surface area (Å²) in [5, 5.41) is 11.3. The largest absolute Gasteiger partial charge is 0.458 e. The van der Waals surface area contributed by atoms with Crippen molar-refractivity contribution in [2.75, 3.05) is 13.7 Å². The molecule has 0 amide bonds. The van der Waals surface area contributed by atoms with E-state index in [4.69, 9.17) is 9.15 Å². The first-order chi connectivity index (χ1) is 8.91. The molecule has 1 atom stereocenters. The van der Waals surface area contributed by atoms with Crippen molar-refractivity contribution in [2.45, 2.75) is 33.3 Å². The van der Waals surface area contributed by atoms with Crippen molar-refractivity contribution in [1.82, 2.24) is 0 Å². The van der Waals surface area contributed by atoms with Crippen LogP contribution in [0.1, 0.15) is 38.2 Å². The number of rotatable bonds is 4. The smallest absolute Gasteiger partial charge is 0.134 e. The lowest BCUT2D eigenvalue weighted by atomic mass is 9.88. The number of hydrogen-bond acceptors (Lipinski definition) is 3. The molecule has 0 aliphatic rings. The molecule has 0 bridgehead atoms. The zero-order valence-electron chi connectivity index (χ0n) is 12.1. The maximum atomic E-state index is 10.3. The predicted octanol–water partition coefficient (Wildman–Crippen LogP) is 3.70. The van der Waals surface area contributed by atoms with Crippen molar-refractivity contribution in [3.05, 3.63) is 35.6 Å². The van der Waals surface area contributed by atoms with Gasteiger partial charge in [0.05, 0.1) is 6.61 Å². The molecule has 3 heteroatoms. The van der Waals surface area contributed by atoms with Crippen LogP contribution in [0.15, 0.2) is 28.7 Å². The van der Waals surface area contributed by atoms with Crippen LogP contribution in [-0.4, -0.2) is 18.8 Å². The van der Waals surface area contributed by atoms with E-state index in [9.17, 15) is 5.11 Å². The summed E-state index contributed by atoms with van der Waals surface area (Å²) in [6.07, 6.45) is 0.289. The Labute approximate surface area is 114 Å². The zero-order valence-corrected chi connectivity index (χ0v) is 12.1. The molecule has 19 heavy (non-hydrogen) atoms. The van der Waals surface area contributed by atoms with Crippen LogP contribution < -0.4 is 0 Å². The van der Waals surface area contributed by atoms with Crippen molar-refractivity contribution in [1.29, 1.82) is 0 Å². The fourth-order valence-electron chi connectivity index (χ4n) is 2.05. The Morgan fingerprint density at radius 1 is 1.26 bits per heavy atom. The van der Waals surface area contributed by atoms with Gasteiger partial charge in [0.2, 0.25) is 0 Å². The average Bonchev–Trinajstić information content (AvgIpc) is 2.76. The van der Waals surface area contributed by atoms with Gasteiger partial charge in [0.15, 0.2) is 0 Å². The molecule has 3 nitrogen and oxygen atoms in total. The van der Waals surface area contributed by atoms with Crippen LogP contribution in [0, 0.1) is 5.41 Å². The molecule has 0 saturated heterocycles. The second-order valence-electron chi connectivity index (χ2n) is 6.03. The van der Waals surface area contributed by atoms with Gasteiger partial charge in [-0.25, -0.2) is 0 Å². The first-order valence-electron chi connectivity index (χ1n) is 6.61. The van der Waals surface area contributed by atoms with Crippen LogP contribution in [0.3, 0.4) is 0 Å². The zero-order chi connectivity index (χ0) is 14.0. The molecule has 1 unspecified atom stereocenters. The highest BCUT2D eigenvalue weighted by Crippen LogP contribution is 2.35. The predicted molar refractivity (Wildman–Crippen MR) is 76.2 cm³/mol. The van der Waals surface area contributed by atoms with E-state index in [1.54, 1.807) is 7.11 Å². The summed E-state index contributed by atoms with van der Waals surface area (Å²) in [6, 6.07) is 8.02. The molecule has 0 spiro atoms. The highest BCUT2D eigenvalue weighted by molar-refractivity contribution is 5.78. The van der Waals surface area contributed by atoms with Crippen LogP contribution >= 0.6 is 0 Å². The third-order valence-electron chi connectivity index (χ3n) is 3.28. The summed E-state index contributed by atoms with van der Waals surface area (Å²) < 4.78 is 10.8. The third-order valence-corrected chi connectivity index (χ3v) is 3.28. The molecule has 2 aromatic rings.